The summed E-state index contributed by atoms with van der Waals surface area (Å²) < 4.78 is 14.6. The Bertz CT molecular complexity index is 640. The van der Waals surface area contributed by atoms with Crippen molar-refractivity contribution in [2.24, 2.45) is 0 Å². The Morgan fingerprint density at radius 1 is 1.32 bits per heavy atom. The van der Waals surface area contributed by atoms with E-state index in [9.17, 15) is 9.18 Å². The zero-order valence-corrected chi connectivity index (χ0v) is 12.6. The molecule has 4 heteroatoms. The lowest BCUT2D eigenvalue weighted by molar-refractivity contribution is 0.0988. The molecule has 0 amide bonds. The first-order valence-electron chi connectivity index (χ1n) is 5.81. The van der Waals surface area contributed by atoms with E-state index in [4.69, 9.17) is 11.6 Å². The van der Waals surface area contributed by atoms with Gasteiger partial charge in [-0.25, -0.2) is 4.39 Å². The fourth-order valence-corrected chi connectivity index (χ4v) is 2.28. The fourth-order valence-electron chi connectivity index (χ4n) is 1.81. The van der Waals surface area contributed by atoms with Crippen LogP contribution in [-0.2, 0) is 0 Å². The van der Waals surface area contributed by atoms with E-state index in [2.05, 4.69) is 15.9 Å². The van der Waals surface area contributed by atoms with Crippen molar-refractivity contribution >= 4 is 33.3 Å². The minimum absolute atomic E-state index is 0.0328. The van der Waals surface area contributed by atoms with Gasteiger partial charge in [0.1, 0.15) is 0 Å². The second-order valence-electron chi connectivity index (χ2n) is 4.08. The second-order valence-corrected chi connectivity index (χ2v) is 5.31. The van der Waals surface area contributed by atoms with Gasteiger partial charge in [0.2, 0.25) is 0 Å². The molecule has 0 aromatic heterocycles. The molecule has 0 N–H and O–H groups in total. The zero-order chi connectivity index (χ0) is 14.0. The van der Waals surface area contributed by atoms with Crippen LogP contribution in [0.1, 0.15) is 23.7 Å². The van der Waals surface area contributed by atoms with Crippen molar-refractivity contribution in [2.75, 3.05) is 0 Å². The highest BCUT2D eigenvalue weighted by Gasteiger charge is 2.13. The SMILES string of the molecule is CCC(=O)c1cccc(-c2ccc(Br)c(Cl)c2F)c1. The summed E-state index contributed by atoms with van der Waals surface area (Å²) in [7, 11) is 0. The Hall–Kier alpha value is -1.19. The van der Waals surface area contributed by atoms with Crippen molar-refractivity contribution < 1.29 is 9.18 Å². The van der Waals surface area contributed by atoms with Gasteiger partial charge in [0, 0.05) is 22.0 Å². The first kappa shape index (κ1) is 14.2. The van der Waals surface area contributed by atoms with Crippen LogP contribution in [-0.4, -0.2) is 5.78 Å². The Balaban J connectivity index is 2.54. The van der Waals surface area contributed by atoms with E-state index in [1.807, 2.05) is 0 Å². The van der Waals surface area contributed by atoms with Gasteiger partial charge in [-0.2, -0.15) is 0 Å². The second kappa shape index (κ2) is 5.85. The summed E-state index contributed by atoms with van der Waals surface area (Å²) in [5.74, 6) is -0.456. The summed E-state index contributed by atoms with van der Waals surface area (Å²) in [6, 6.07) is 10.3. The normalized spacial score (nSPS) is 10.5. The van der Waals surface area contributed by atoms with Gasteiger partial charge in [-0.3, -0.25) is 4.79 Å². The fraction of sp³-hybridized carbons (Fsp3) is 0.133. The van der Waals surface area contributed by atoms with Crippen molar-refractivity contribution in [1.29, 1.82) is 0 Å². The van der Waals surface area contributed by atoms with Gasteiger partial charge in [-0.15, -0.1) is 0 Å². The van der Waals surface area contributed by atoms with Crippen LogP contribution in [0.4, 0.5) is 4.39 Å². The molecule has 0 heterocycles. The summed E-state index contributed by atoms with van der Waals surface area (Å²) in [6.45, 7) is 1.80. The quantitative estimate of drug-likeness (QED) is 0.532. The van der Waals surface area contributed by atoms with E-state index in [0.29, 0.717) is 27.6 Å². The summed E-state index contributed by atoms with van der Waals surface area (Å²) >= 11 is 9.05. The van der Waals surface area contributed by atoms with Crippen LogP contribution in [0, 0.1) is 5.82 Å². The minimum Gasteiger partial charge on any atom is -0.294 e. The van der Waals surface area contributed by atoms with Crippen LogP contribution in [0.3, 0.4) is 0 Å². The Morgan fingerprint density at radius 2 is 2.05 bits per heavy atom. The molecule has 2 rings (SSSR count). The topological polar surface area (TPSA) is 17.1 Å². The lowest BCUT2D eigenvalue weighted by Gasteiger charge is -2.08. The highest BCUT2D eigenvalue weighted by Crippen LogP contribution is 2.33. The molecule has 1 nitrogen and oxygen atoms in total. The van der Waals surface area contributed by atoms with Gasteiger partial charge >= 0.3 is 0 Å². The van der Waals surface area contributed by atoms with Crippen molar-refractivity contribution in [3.63, 3.8) is 0 Å². The summed E-state index contributed by atoms with van der Waals surface area (Å²) in [5.41, 5.74) is 1.61. The molecule has 0 saturated carbocycles. The number of rotatable bonds is 3. The predicted molar refractivity (Wildman–Crippen MR) is 79.2 cm³/mol. The maximum absolute atomic E-state index is 14.1. The smallest absolute Gasteiger partial charge is 0.162 e. The molecule has 0 fully saturated rings. The van der Waals surface area contributed by atoms with Crippen molar-refractivity contribution in [2.45, 2.75) is 13.3 Å². The number of halogens is 3. The van der Waals surface area contributed by atoms with Gasteiger partial charge < -0.3 is 0 Å². The van der Waals surface area contributed by atoms with Crippen molar-refractivity contribution in [3.05, 3.63) is 57.3 Å². The van der Waals surface area contributed by atoms with E-state index in [1.165, 1.54) is 0 Å². The van der Waals surface area contributed by atoms with Gasteiger partial charge in [0.25, 0.3) is 0 Å². The number of hydrogen-bond acceptors (Lipinski definition) is 1. The number of hydrogen-bond donors (Lipinski definition) is 0. The molecule has 0 saturated heterocycles. The summed E-state index contributed by atoms with van der Waals surface area (Å²) in [6.07, 6.45) is 0.424. The summed E-state index contributed by atoms with van der Waals surface area (Å²) in [5, 5.41) is 0.0460. The van der Waals surface area contributed by atoms with Crippen LogP contribution in [0.25, 0.3) is 11.1 Å². The third-order valence-electron chi connectivity index (χ3n) is 2.85. The molecular formula is C15H11BrClFO. The van der Waals surface area contributed by atoms with Crippen molar-refractivity contribution in [3.8, 4) is 11.1 Å². The molecule has 0 unspecified atom stereocenters. The monoisotopic (exact) mass is 340 g/mol. The van der Waals surface area contributed by atoms with Gasteiger partial charge in [-0.05, 0) is 33.6 Å². The lowest BCUT2D eigenvalue weighted by Crippen LogP contribution is -1.97. The zero-order valence-electron chi connectivity index (χ0n) is 10.2. The van der Waals surface area contributed by atoms with E-state index in [1.54, 1.807) is 43.3 Å². The molecule has 0 aliphatic carbocycles. The Kier molecular flexibility index (Phi) is 4.38. The van der Waals surface area contributed by atoms with E-state index in [-0.39, 0.29) is 10.8 Å². The number of benzene rings is 2. The van der Waals surface area contributed by atoms with Crippen LogP contribution in [0.15, 0.2) is 40.9 Å². The van der Waals surface area contributed by atoms with Crippen LogP contribution in [0.5, 0.6) is 0 Å². The molecule has 0 bridgehead atoms. The van der Waals surface area contributed by atoms with Crippen LogP contribution < -0.4 is 0 Å². The number of carbonyl (C=O) groups excluding carboxylic acids is 1. The number of ketones is 1. The average Bonchev–Trinajstić information content (AvgIpc) is 2.44. The number of Topliss-reactive ketones (excluding diaryl/α,β-unsaturated/α-hetero) is 1. The maximum Gasteiger partial charge on any atom is 0.162 e. The largest absolute Gasteiger partial charge is 0.294 e. The first-order valence-corrected chi connectivity index (χ1v) is 6.98. The maximum atomic E-state index is 14.1. The molecule has 0 radical (unpaired) electrons. The van der Waals surface area contributed by atoms with E-state index >= 15 is 0 Å². The van der Waals surface area contributed by atoms with E-state index < -0.39 is 5.82 Å². The number of carbonyl (C=O) groups is 1. The van der Waals surface area contributed by atoms with Crippen LogP contribution in [0.2, 0.25) is 5.02 Å². The predicted octanol–water partition coefficient (Wildman–Crippen LogP) is 5.50. The molecule has 2 aromatic rings. The third kappa shape index (κ3) is 2.88. The third-order valence-corrected chi connectivity index (χ3v) is 4.11. The Morgan fingerprint density at radius 3 is 2.74 bits per heavy atom. The standard InChI is InChI=1S/C15H11BrClFO/c1-2-13(19)10-5-3-4-9(8-10)11-6-7-12(16)14(17)15(11)18/h3-8H,2H2,1H3. The molecular weight excluding hydrogens is 331 g/mol. The van der Waals surface area contributed by atoms with E-state index in [0.717, 1.165) is 0 Å². The minimum atomic E-state index is -0.489. The molecule has 2 aromatic carbocycles. The molecule has 0 spiro atoms. The highest BCUT2D eigenvalue weighted by atomic mass is 79.9. The molecule has 0 aliphatic rings. The molecule has 19 heavy (non-hydrogen) atoms. The van der Waals surface area contributed by atoms with Gasteiger partial charge in [0.15, 0.2) is 11.6 Å². The summed E-state index contributed by atoms with van der Waals surface area (Å²) in [4.78, 5) is 11.7. The van der Waals surface area contributed by atoms with Crippen LogP contribution >= 0.6 is 27.5 Å². The highest BCUT2D eigenvalue weighted by molar-refractivity contribution is 9.10. The molecule has 0 aliphatic heterocycles. The molecule has 0 atom stereocenters. The van der Waals surface area contributed by atoms with Gasteiger partial charge in [0.05, 0.1) is 5.02 Å². The average molecular weight is 342 g/mol. The molecule has 98 valence electrons. The first-order chi connectivity index (χ1) is 9.04. The van der Waals surface area contributed by atoms with Gasteiger partial charge in [-0.1, -0.05) is 42.8 Å². The van der Waals surface area contributed by atoms with Crippen molar-refractivity contribution in [1.82, 2.24) is 0 Å². The Labute approximate surface area is 124 Å². The lowest BCUT2D eigenvalue weighted by atomic mass is 10.00.